The topological polar surface area (TPSA) is 24.8 Å². The normalized spacial score (nSPS) is 19.1. The van der Waals surface area contributed by atoms with Crippen LogP contribution in [0.15, 0.2) is 88.3 Å². The van der Waals surface area contributed by atoms with Crippen LogP contribution in [0.3, 0.4) is 0 Å². The molecule has 4 heteroatoms. The lowest BCUT2D eigenvalue weighted by Gasteiger charge is -2.30. The summed E-state index contributed by atoms with van der Waals surface area (Å²) in [4.78, 5) is 7.51. The summed E-state index contributed by atoms with van der Waals surface area (Å²) in [5, 5.41) is 0. The van der Waals surface area contributed by atoms with Crippen molar-refractivity contribution in [2.24, 2.45) is 4.99 Å². The Balaban J connectivity index is 1.78. The van der Waals surface area contributed by atoms with Crippen LogP contribution >= 0.6 is 15.9 Å². The Bertz CT molecular complexity index is 936. The Kier molecular flexibility index (Phi) is 4.99. The van der Waals surface area contributed by atoms with E-state index in [0.717, 1.165) is 27.2 Å². The number of aliphatic imine (C=N–C) groups is 1. The Morgan fingerprint density at radius 1 is 0.889 bits per heavy atom. The first-order valence-corrected chi connectivity index (χ1v) is 9.77. The van der Waals surface area contributed by atoms with Crippen LogP contribution in [0.4, 0.5) is 5.69 Å². The SMILES string of the molecule is COc1ccc(C2N=C(c3ccccc3)C(C)N2c2ccc(Br)cc2)cc1. The molecule has 0 saturated carbocycles. The highest BCUT2D eigenvalue weighted by atomic mass is 79.9. The fraction of sp³-hybridized carbons (Fsp3) is 0.174. The molecule has 0 amide bonds. The van der Waals surface area contributed by atoms with E-state index < -0.39 is 0 Å². The van der Waals surface area contributed by atoms with Gasteiger partial charge in [-0.2, -0.15) is 0 Å². The van der Waals surface area contributed by atoms with E-state index in [9.17, 15) is 0 Å². The second-order valence-corrected chi connectivity index (χ2v) is 7.50. The predicted octanol–water partition coefficient (Wildman–Crippen LogP) is 5.85. The first-order chi connectivity index (χ1) is 13.2. The van der Waals surface area contributed by atoms with E-state index in [-0.39, 0.29) is 12.2 Å². The minimum absolute atomic E-state index is 0.0673. The minimum atomic E-state index is -0.0673. The molecule has 0 bridgehead atoms. The van der Waals surface area contributed by atoms with Gasteiger partial charge in [-0.3, -0.25) is 4.99 Å². The fourth-order valence-corrected chi connectivity index (χ4v) is 3.82. The summed E-state index contributed by atoms with van der Waals surface area (Å²) in [5.41, 5.74) is 4.58. The van der Waals surface area contributed by atoms with E-state index >= 15 is 0 Å². The molecule has 1 aliphatic heterocycles. The number of halogens is 1. The molecular formula is C23H21BrN2O. The third-order valence-corrected chi connectivity index (χ3v) is 5.47. The molecule has 4 rings (SSSR count). The second kappa shape index (κ2) is 7.57. The smallest absolute Gasteiger partial charge is 0.148 e. The Morgan fingerprint density at radius 3 is 2.19 bits per heavy atom. The second-order valence-electron chi connectivity index (χ2n) is 6.59. The maximum Gasteiger partial charge on any atom is 0.148 e. The number of anilines is 1. The van der Waals surface area contributed by atoms with Gasteiger partial charge in [-0.15, -0.1) is 0 Å². The molecule has 0 saturated heterocycles. The van der Waals surface area contributed by atoms with Gasteiger partial charge in [0.25, 0.3) is 0 Å². The van der Waals surface area contributed by atoms with E-state index in [1.54, 1.807) is 7.11 Å². The summed E-state index contributed by atoms with van der Waals surface area (Å²) in [6.07, 6.45) is -0.0673. The number of hydrogen-bond acceptors (Lipinski definition) is 3. The summed E-state index contributed by atoms with van der Waals surface area (Å²) in [5.74, 6) is 0.854. The van der Waals surface area contributed by atoms with Gasteiger partial charge in [-0.05, 0) is 54.4 Å². The quantitative estimate of drug-likeness (QED) is 0.528. The molecule has 0 N–H and O–H groups in total. The van der Waals surface area contributed by atoms with Crippen LogP contribution in [-0.4, -0.2) is 18.9 Å². The first-order valence-electron chi connectivity index (χ1n) is 8.98. The largest absolute Gasteiger partial charge is 0.497 e. The van der Waals surface area contributed by atoms with Crippen molar-refractivity contribution < 1.29 is 4.74 Å². The number of rotatable bonds is 4. The maximum absolute atomic E-state index is 5.31. The number of methoxy groups -OCH3 is 1. The van der Waals surface area contributed by atoms with Gasteiger partial charge >= 0.3 is 0 Å². The molecule has 3 aromatic carbocycles. The van der Waals surface area contributed by atoms with Gasteiger partial charge < -0.3 is 9.64 Å². The van der Waals surface area contributed by atoms with Crippen LogP contribution < -0.4 is 9.64 Å². The molecular weight excluding hydrogens is 400 g/mol. The van der Waals surface area contributed by atoms with E-state index in [4.69, 9.17) is 9.73 Å². The molecule has 0 fully saturated rings. The third-order valence-electron chi connectivity index (χ3n) is 4.95. The molecule has 0 radical (unpaired) electrons. The van der Waals surface area contributed by atoms with Gasteiger partial charge in [0.05, 0.1) is 18.9 Å². The molecule has 2 unspecified atom stereocenters. The first kappa shape index (κ1) is 17.8. The molecule has 3 aromatic rings. The highest BCUT2D eigenvalue weighted by molar-refractivity contribution is 9.10. The monoisotopic (exact) mass is 420 g/mol. The number of ether oxygens (including phenoxy) is 1. The van der Waals surface area contributed by atoms with Crippen molar-refractivity contribution in [1.82, 2.24) is 0 Å². The van der Waals surface area contributed by atoms with Crippen LogP contribution in [0.2, 0.25) is 0 Å². The maximum atomic E-state index is 5.31. The van der Waals surface area contributed by atoms with E-state index in [1.165, 1.54) is 5.56 Å². The third kappa shape index (κ3) is 3.50. The number of benzene rings is 3. The van der Waals surface area contributed by atoms with Crippen LogP contribution in [0.25, 0.3) is 0 Å². The van der Waals surface area contributed by atoms with Crippen LogP contribution in [0.5, 0.6) is 5.75 Å². The molecule has 1 aliphatic rings. The van der Waals surface area contributed by atoms with Gasteiger partial charge in [0.2, 0.25) is 0 Å². The van der Waals surface area contributed by atoms with Gasteiger partial charge in [0.15, 0.2) is 0 Å². The standard InChI is InChI=1S/C23H21BrN2O/c1-16-22(17-6-4-3-5-7-17)25-23(18-8-14-21(27-2)15-9-18)26(16)20-12-10-19(24)11-13-20/h3-16,23H,1-2H3. The van der Waals surface area contributed by atoms with Crippen LogP contribution in [-0.2, 0) is 0 Å². The number of hydrogen-bond donors (Lipinski definition) is 0. The summed E-state index contributed by atoms with van der Waals surface area (Å²) >= 11 is 3.53. The molecule has 2 atom stereocenters. The molecule has 0 aliphatic carbocycles. The van der Waals surface area contributed by atoms with Crippen molar-refractivity contribution in [2.45, 2.75) is 19.1 Å². The van der Waals surface area contributed by atoms with Crippen molar-refractivity contribution >= 4 is 27.3 Å². The Labute approximate surface area is 168 Å². The molecule has 1 heterocycles. The van der Waals surface area contributed by atoms with Gasteiger partial charge in [0, 0.05) is 10.2 Å². The highest BCUT2D eigenvalue weighted by Crippen LogP contribution is 2.38. The Morgan fingerprint density at radius 2 is 1.56 bits per heavy atom. The summed E-state index contributed by atoms with van der Waals surface area (Å²) in [7, 11) is 1.69. The van der Waals surface area contributed by atoms with Crippen molar-refractivity contribution in [3.63, 3.8) is 0 Å². The van der Waals surface area contributed by atoms with Crippen molar-refractivity contribution in [2.75, 3.05) is 12.0 Å². The van der Waals surface area contributed by atoms with E-state index in [2.05, 4.69) is 88.4 Å². The lowest BCUT2D eigenvalue weighted by atomic mass is 10.0. The Hall–Kier alpha value is -2.59. The zero-order chi connectivity index (χ0) is 18.8. The predicted molar refractivity (Wildman–Crippen MR) is 115 cm³/mol. The van der Waals surface area contributed by atoms with Gasteiger partial charge in [0.1, 0.15) is 11.9 Å². The lowest BCUT2D eigenvalue weighted by molar-refractivity contribution is 0.414. The van der Waals surface area contributed by atoms with Gasteiger partial charge in [-0.25, -0.2) is 0 Å². The van der Waals surface area contributed by atoms with Crippen molar-refractivity contribution in [1.29, 1.82) is 0 Å². The molecule has 27 heavy (non-hydrogen) atoms. The molecule has 136 valence electrons. The molecule has 3 nitrogen and oxygen atoms in total. The summed E-state index contributed by atoms with van der Waals surface area (Å²) in [6, 6.07) is 27.2. The number of nitrogens with zero attached hydrogens (tertiary/aromatic N) is 2. The zero-order valence-electron chi connectivity index (χ0n) is 15.3. The highest BCUT2D eigenvalue weighted by Gasteiger charge is 2.35. The van der Waals surface area contributed by atoms with E-state index in [1.807, 2.05) is 18.2 Å². The van der Waals surface area contributed by atoms with Crippen molar-refractivity contribution in [3.8, 4) is 5.75 Å². The average molecular weight is 421 g/mol. The van der Waals surface area contributed by atoms with Crippen LogP contribution in [0.1, 0.15) is 24.2 Å². The van der Waals surface area contributed by atoms with E-state index in [0.29, 0.717) is 0 Å². The van der Waals surface area contributed by atoms with Crippen LogP contribution in [0, 0.1) is 0 Å². The van der Waals surface area contributed by atoms with Gasteiger partial charge in [-0.1, -0.05) is 58.4 Å². The summed E-state index contributed by atoms with van der Waals surface area (Å²) < 4.78 is 6.39. The van der Waals surface area contributed by atoms with Crippen molar-refractivity contribution in [3.05, 3.63) is 94.5 Å². The average Bonchev–Trinajstić information content (AvgIpc) is 3.06. The molecule has 0 aromatic heterocycles. The minimum Gasteiger partial charge on any atom is -0.497 e. The summed E-state index contributed by atoms with van der Waals surface area (Å²) in [6.45, 7) is 2.22. The fourth-order valence-electron chi connectivity index (χ4n) is 3.56. The molecule has 0 spiro atoms. The lowest BCUT2D eigenvalue weighted by Crippen LogP contribution is -2.35. The zero-order valence-corrected chi connectivity index (χ0v) is 16.9.